The van der Waals surface area contributed by atoms with E-state index in [1.807, 2.05) is 13.8 Å². The number of carbonyl (C=O) groups excluding carboxylic acids is 2. The van der Waals surface area contributed by atoms with E-state index in [0.29, 0.717) is 30.3 Å². The normalized spacial score (nSPS) is 16.0. The van der Waals surface area contributed by atoms with Crippen LogP contribution < -0.4 is 9.47 Å². The van der Waals surface area contributed by atoms with Crippen molar-refractivity contribution in [2.45, 2.75) is 26.3 Å². The van der Waals surface area contributed by atoms with Crippen LogP contribution in [0.25, 0.3) is 0 Å². The number of benzene rings is 1. The van der Waals surface area contributed by atoms with Crippen molar-refractivity contribution >= 4 is 11.8 Å². The molecule has 1 heterocycles. The molecular weight excluding hydrogens is 298 g/mol. The van der Waals surface area contributed by atoms with Gasteiger partial charge in [-0.3, -0.25) is 14.5 Å². The first kappa shape index (κ1) is 17.4. The van der Waals surface area contributed by atoms with Crippen molar-refractivity contribution in [3.63, 3.8) is 0 Å². The van der Waals surface area contributed by atoms with Crippen LogP contribution in [0.3, 0.4) is 0 Å². The smallest absolute Gasteiger partial charge is 0.308 e. The Labute approximate surface area is 136 Å². The van der Waals surface area contributed by atoms with Crippen molar-refractivity contribution in [1.29, 1.82) is 0 Å². The number of carbonyl (C=O) groups is 2. The zero-order chi connectivity index (χ0) is 17.0. The molecule has 6 nitrogen and oxygen atoms in total. The third-order valence-corrected chi connectivity index (χ3v) is 4.04. The van der Waals surface area contributed by atoms with E-state index >= 15 is 0 Å². The van der Waals surface area contributed by atoms with Gasteiger partial charge in [0.05, 0.1) is 25.9 Å². The molecule has 1 aliphatic heterocycles. The molecule has 1 aliphatic rings. The summed E-state index contributed by atoms with van der Waals surface area (Å²) in [6.07, 6.45) is 0. The van der Waals surface area contributed by atoms with Gasteiger partial charge in [0.1, 0.15) is 0 Å². The molecule has 2 rings (SSSR count). The van der Waals surface area contributed by atoms with E-state index in [1.165, 1.54) is 14.0 Å². The summed E-state index contributed by atoms with van der Waals surface area (Å²) in [4.78, 5) is 26.1. The number of hydrogen-bond acceptors (Lipinski definition) is 6. The summed E-state index contributed by atoms with van der Waals surface area (Å²) in [6.45, 7) is 7.85. The number of Topliss-reactive ketones (excluding diaryl/α,β-unsaturated/α-hetero) is 1. The lowest BCUT2D eigenvalue weighted by Gasteiger charge is -2.39. The first-order chi connectivity index (χ1) is 10.9. The van der Waals surface area contributed by atoms with Crippen LogP contribution in [-0.4, -0.2) is 55.6 Å². The molecule has 1 aromatic carbocycles. The minimum Gasteiger partial charge on any atom is -0.493 e. The van der Waals surface area contributed by atoms with Crippen LogP contribution in [0.5, 0.6) is 11.5 Å². The fourth-order valence-electron chi connectivity index (χ4n) is 2.67. The van der Waals surface area contributed by atoms with Crippen LogP contribution >= 0.6 is 0 Å². The molecule has 0 radical (unpaired) electrons. The summed E-state index contributed by atoms with van der Waals surface area (Å²) in [5, 5.41) is 0. The van der Waals surface area contributed by atoms with Gasteiger partial charge in [-0.15, -0.1) is 0 Å². The Bertz CT molecular complexity index is 591. The summed E-state index contributed by atoms with van der Waals surface area (Å²) >= 11 is 0. The first-order valence-electron chi connectivity index (χ1n) is 7.60. The quantitative estimate of drug-likeness (QED) is 0.469. The van der Waals surface area contributed by atoms with E-state index in [-0.39, 0.29) is 5.78 Å². The number of morpholine rings is 1. The molecule has 0 saturated carbocycles. The highest BCUT2D eigenvalue weighted by Crippen LogP contribution is 2.31. The van der Waals surface area contributed by atoms with Crippen LogP contribution in [-0.2, 0) is 9.53 Å². The second kappa shape index (κ2) is 7.10. The Balaban J connectivity index is 2.26. The van der Waals surface area contributed by atoms with Crippen molar-refractivity contribution in [3.05, 3.63) is 23.8 Å². The van der Waals surface area contributed by atoms with E-state index < -0.39 is 11.5 Å². The molecule has 0 amide bonds. The van der Waals surface area contributed by atoms with Crippen LogP contribution in [0.4, 0.5) is 0 Å². The van der Waals surface area contributed by atoms with Gasteiger partial charge >= 0.3 is 5.97 Å². The van der Waals surface area contributed by atoms with Gasteiger partial charge in [0, 0.05) is 25.6 Å². The highest BCUT2D eigenvalue weighted by molar-refractivity contribution is 6.03. The average Bonchev–Trinajstić information content (AvgIpc) is 2.54. The number of esters is 1. The maximum absolute atomic E-state index is 12.9. The first-order valence-corrected chi connectivity index (χ1v) is 7.60. The summed E-state index contributed by atoms with van der Waals surface area (Å²) in [7, 11) is 1.48. The maximum Gasteiger partial charge on any atom is 0.308 e. The van der Waals surface area contributed by atoms with Gasteiger partial charge in [-0.05, 0) is 32.0 Å². The molecule has 0 aromatic heterocycles. The van der Waals surface area contributed by atoms with Gasteiger partial charge in [-0.2, -0.15) is 0 Å². The molecule has 1 saturated heterocycles. The van der Waals surface area contributed by atoms with Gasteiger partial charge in [0.15, 0.2) is 17.3 Å². The SMILES string of the molecule is COc1cc(C(=O)C(C)(C)N2CCOCC2)ccc1OC(C)=O. The van der Waals surface area contributed by atoms with Crippen LogP contribution in [0, 0.1) is 0 Å². The predicted octanol–water partition coefficient (Wildman–Crippen LogP) is 1.91. The second-order valence-corrected chi connectivity index (χ2v) is 5.95. The summed E-state index contributed by atoms with van der Waals surface area (Å²) < 4.78 is 15.7. The Morgan fingerprint density at radius 2 is 1.83 bits per heavy atom. The molecule has 0 unspecified atom stereocenters. The number of ether oxygens (including phenoxy) is 3. The van der Waals surface area contributed by atoms with Crippen molar-refractivity contribution in [2.24, 2.45) is 0 Å². The molecule has 0 N–H and O–H groups in total. The highest BCUT2D eigenvalue weighted by atomic mass is 16.6. The van der Waals surface area contributed by atoms with Gasteiger partial charge in [0.25, 0.3) is 0 Å². The van der Waals surface area contributed by atoms with E-state index in [2.05, 4.69) is 4.90 Å². The Morgan fingerprint density at radius 3 is 2.39 bits per heavy atom. The second-order valence-electron chi connectivity index (χ2n) is 5.95. The minimum atomic E-state index is -0.641. The number of hydrogen-bond donors (Lipinski definition) is 0. The standard InChI is InChI=1S/C17H23NO5/c1-12(19)23-14-6-5-13(11-15(14)21-4)16(20)17(2,3)18-7-9-22-10-8-18/h5-6,11H,7-10H2,1-4H3. The number of methoxy groups -OCH3 is 1. The predicted molar refractivity (Wildman–Crippen MR) is 85.1 cm³/mol. The molecule has 6 heteroatoms. The largest absolute Gasteiger partial charge is 0.493 e. The van der Waals surface area contributed by atoms with E-state index in [0.717, 1.165) is 13.1 Å². The van der Waals surface area contributed by atoms with Gasteiger partial charge in [-0.1, -0.05) is 0 Å². The molecule has 23 heavy (non-hydrogen) atoms. The van der Waals surface area contributed by atoms with Crippen LogP contribution in [0.1, 0.15) is 31.1 Å². The minimum absolute atomic E-state index is 0.00734. The maximum atomic E-state index is 12.9. The Morgan fingerprint density at radius 1 is 1.17 bits per heavy atom. The third kappa shape index (κ3) is 3.89. The summed E-state index contributed by atoms with van der Waals surface area (Å²) in [5.41, 5.74) is -0.119. The van der Waals surface area contributed by atoms with Gasteiger partial charge in [-0.25, -0.2) is 0 Å². The topological polar surface area (TPSA) is 65.1 Å². The Kier molecular flexibility index (Phi) is 5.38. The molecule has 0 bridgehead atoms. The van der Waals surface area contributed by atoms with Crippen LogP contribution in [0.15, 0.2) is 18.2 Å². The lowest BCUT2D eigenvalue weighted by atomic mass is 9.90. The summed E-state index contributed by atoms with van der Waals surface area (Å²) in [6, 6.07) is 4.86. The lowest BCUT2D eigenvalue weighted by Crippen LogP contribution is -2.54. The monoisotopic (exact) mass is 321 g/mol. The fraction of sp³-hybridized carbons (Fsp3) is 0.529. The average molecular weight is 321 g/mol. The van der Waals surface area contributed by atoms with Crippen LogP contribution in [0.2, 0.25) is 0 Å². The lowest BCUT2D eigenvalue weighted by molar-refractivity contribution is -0.132. The molecule has 0 atom stereocenters. The van der Waals surface area contributed by atoms with E-state index in [1.54, 1.807) is 18.2 Å². The number of nitrogens with zero attached hydrogens (tertiary/aromatic N) is 1. The van der Waals surface area contributed by atoms with Crippen molar-refractivity contribution < 1.29 is 23.8 Å². The molecule has 0 aliphatic carbocycles. The molecule has 126 valence electrons. The molecular formula is C17H23NO5. The van der Waals surface area contributed by atoms with Crippen molar-refractivity contribution in [1.82, 2.24) is 4.90 Å². The number of ketones is 1. The zero-order valence-electron chi connectivity index (χ0n) is 14.0. The van der Waals surface area contributed by atoms with Gasteiger partial charge < -0.3 is 14.2 Å². The molecule has 1 aromatic rings. The summed E-state index contributed by atoms with van der Waals surface area (Å²) in [5.74, 6) is 0.229. The molecule has 1 fully saturated rings. The van der Waals surface area contributed by atoms with Crippen molar-refractivity contribution in [2.75, 3.05) is 33.4 Å². The number of rotatable bonds is 5. The third-order valence-electron chi connectivity index (χ3n) is 4.04. The fourth-order valence-corrected chi connectivity index (χ4v) is 2.67. The van der Waals surface area contributed by atoms with E-state index in [4.69, 9.17) is 14.2 Å². The van der Waals surface area contributed by atoms with Gasteiger partial charge in [0.2, 0.25) is 0 Å². The Hall–Kier alpha value is -1.92. The highest BCUT2D eigenvalue weighted by Gasteiger charge is 2.36. The molecule has 0 spiro atoms. The van der Waals surface area contributed by atoms with E-state index in [9.17, 15) is 9.59 Å². The zero-order valence-corrected chi connectivity index (χ0v) is 14.0. The van der Waals surface area contributed by atoms with Crippen molar-refractivity contribution in [3.8, 4) is 11.5 Å².